The second-order valence-electron chi connectivity index (χ2n) is 4.45. The van der Waals surface area contributed by atoms with Crippen molar-refractivity contribution in [3.63, 3.8) is 0 Å². The van der Waals surface area contributed by atoms with E-state index in [1.165, 1.54) is 17.8 Å². The number of thioether (sulfide) groups is 1. The molecule has 0 saturated carbocycles. The maximum Gasteiger partial charge on any atom is 0.128 e. The molecule has 1 N–H and O–H groups in total. The Morgan fingerprint density at radius 1 is 1.25 bits per heavy atom. The predicted molar refractivity (Wildman–Crippen MR) is 77.8 cm³/mol. The highest BCUT2D eigenvalue weighted by atomic mass is 32.2. The fourth-order valence-corrected chi connectivity index (χ4v) is 2.62. The second kappa shape index (κ2) is 6.56. The van der Waals surface area contributed by atoms with Gasteiger partial charge in [0.15, 0.2) is 0 Å². The first-order valence-electron chi connectivity index (χ1n) is 6.19. The molecule has 0 aliphatic carbocycles. The van der Waals surface area contributed by atoms with Crippen LogP contribution in [0.1, 0.15) is 29.7 Å². The number of rotatable bonds is 4. The van der Waals surface area contributed by atoms with Crippen molar-refractivity contribution in [2.45, 2.75) is 23.7 Å². The number of aliphatic hydroxyl groups is 1. The molecule has 0 aromatic heterocycles. The number of nitriles is 1. The summed E-state index contributed by atoms with van der Waals surface area (Å²) in [6, 6.07) is 14.0. The van der Waals surface area contributed by atoms with Gasteiger partial charge in [-0.25, -0.2) is 4.39 Å². The Morgan fingerprint density at radius 2 is 1.95 bits per heavy atom. The van der Waals surface area contributed by atoms with Crippen molar-refractivity contribution in [3.05, 3.63) is 65.0 Å². The molecule has 2 aromatic carbocycles. The zero-order valence-corrected chi connectivity index (χ0v) is 11.8. The van der Waals surface area contributed by atoms with E-state index < -0.39 is 6.10 Å². The lowest BCUT2D eigenvalue weighted by atomic mass is 10.1. The summed E-state index contributed by atoms with van der Waals surface area (Å²) < 4.78 is 13.7. The third-order valence-electron chi connectivity index (χ3n) is 2.94. The van der Waals surface area contributed by atoms with Crippen LogP contribution in [0.3, 0.4) is 0 Å². The molecule has 0 saturated heterocycles. The molecule has 0 aliphatic heterocycles. The van der Waals surface area contributed by atoms with Crippen molar-refractivity contribution in [1.29, 1.82) is 5.26 Å². The highest BCUT2D eigenvalue weighted by Crippen LogP contribution is 2.25. The fourth-order valence-electron chi connectivity index (χ4n) is 1.74. The molecule has 1 atom stereocenters. The number of nitrogens with zero attached hydrogens (tertiary/aromatic N) is 1. The van der Waals surface area contributed by atoms with E-state index in [4.69, 9.17) is 5.26 Å². The van der Waals surface area contributed by atoms with Crippen molar-refractivity contribution in [1.82, 2.24) is 0 Å². The van der Waals surface area contributed by atoms with Crippen molar-refractivity contribution >= 4 is 11.8 Å². The number of aliphatic hydroxyl groups excluding tert-OH is 1. The largest absolute Gasteiger partial charge is 0.389 e. The molecule has 0 fully saturated rings. The summed E-state index contributed by atoms with van der Waals surface area (Å²) in [6.07, 6.45) is -0.481. The number of halogens is 1. The maximum atomic E-state index is 13.7. The summed E-state index contributed by atoms with van der Waals surface area (Å²) in [6.45, 7) is 1.72. The van der Waals surface area contributed by atoms with Crippen LogP contribution in [0.4, 0.5) is 4.39 Å². The zero-order chi connectivity index (χ0) is 14.5. The number of benzene rings is 2. The highest BCUT2D eigenvalue weighted by Gasteiger charge is 2.05. The molecule has 0 radical (unpaired) electrons. The first-order valence-corrected chi connectivity index (χ1v) is 7.18. The molecular weight excluding hydrogens is 273 g/mol. The van der Waals surface area contributed by atoms with Crippen LogP contribution >= 0.6 is 11.8 Å². The van der Waals surface area contributed by atoms with Gasteiger partial charge in [0, 0.05) is 10.6 Å². The zero-order valence-electron chi connectivity index (χ0n) is 11.0. The van der Waals surface area contributed by atoms with Crippen LogP contribution in [0.2, 0.25) is 0 Å². The summed E-state index contributed by atoms with van der Waals surface area (Å²) in [5, 5.41) is 18.1. The Kier molecular flexibility index (Phi) is 4.78. The van der Waals surface area contributed by atoms with Crippen LogP contribution in [-0.4, -0.2) is 5.11 Å². The Bertz CT molecular complexity index is 632. The van der Waals surface area contributed by atoms with Gasteiger partial charge in [0.25, 0.3) is 0 Å². The predicted octanol–water partition coefficient (Wildman–Crippen LogP) is 4.04. The van der Waals surface area contributed by atoms with Crippen LogP contribution in [0, 0.1) is 17.1 Å². The lowest BCUT2D eigenvalue weighted by molar-refractivity contribution is 0.199. The first-order chi connectivity index (χ1) is 9.60. The van der Waals surface area contributed by atoms with E-state index in [1.54, 1.807) is 19.1 Å². The molecule has 0 aliphatic rings. The van der Waals surface area contributed by atoms with Gasteiger partial charge in [-0.15, -0.1) is 11.8 Å². The molecule has 2 nitrogen and oxygen atoms in total. The average molecular weight is 287 g/mol. The Morgan fingerprint density at radius 3 is 2.50 bits per heavy atom. The van der Waals surface area contributed by atoms with E-state index in [0.717, 1.165) is 10.5 Å². The summed E-state index contributed by atoms with van der Waals surface area (Å²) in [5.41, 5.74) is 1.77. The van der Waals surface area contributed by atoms with E-state index in [9.17, 15) is 9.50 Å². The number of hydrogen-bond donors (Lipinski definition) is 1. The summed E-state index contributed by atoms with van der Waals surface area (Å²) in [4.78, 5) is 1.01. The molecule has 4 heteroatoms. The van der Waals surface area contributed by atoms with Gasteiger partial charge in [-0.05, 0) is 42.3 Å². The molecule has 0 heterocycles. The third kappa shape index (κ3) is 3.60. The monoisotopic (exact) mass is 287 g/mol. The Balaban J connectivity index is 2.03. The third-order valence-corrected chi connectivity index (χ3v) is 4.00. The van der Waals surface area contributed by atoms with E-state index in [2.05, 4.69) is 0 Å². The van der Waals surface area contributed by atoms with Crippen molar-refractivity contribution < 1.29 is 9.50 Å². The number of hydrogen-bond acceptors (Lipinski definition) is 3. The molecule has 1 unspecified atom stereocenters. The van der Waals surface area contributed by atoms with Gasteiger partial charge in [-0.2, -0.15) is 5.26 Å². The van der Waals surface area contributed by atoms with Gasteiger partial charge in [-0.1, -0.05) is 18.2 Å². The van der Waals surface area contributed by atoms with Gasteiger partial charge in [0.05, 0.1) is 17.7 Å². The standard InChI is InChI=1S/C16H14FNOS/c1-11(19)13-4-6-15(7-5-13)20-10-14-3-2-12(9-18)8-16(14)17/h2-8,11,19H,10H2,1H3. The maximum absolute atomic E-state index is 13.7. The summed E-state index contributed by atoms with van der Waals surface area (Å²) in [5.74, 6) is 0.156. The molecule has 2 rings (SSSR count). The van der Waals surface area contributed by atoms with Gasteiger partial charge < -0.3 is 5.11 Å². The van der Waals surface area contributed by atoms with Crippen molar-refractivity contribution in [2.24, 2.45) is 0 Å². The van der Waals surface area contributed by atoms with E-state index in [1.807, 2.05) is 30.3 Å². The van der Waals surface area contributed by atoms with Gasteiger partial charge in [0.2, 0.25) is 0 Å². The van der Waals surface area contributed by atoms with Crippen molar-refractivity contribution in [2.75, 3.05) is 0 Å². The SMILES string of the molecule is CC(O)c1ccc(SCc2ccc(C#N)cc2F)cc1. The average Bonchev–Trinajstić information content (AvgIpc) is 2.46. The molecular formula is C16H14FNOS. The Labute approximate surface area is 121 Å². The van der Waals surface area contributed by atoms with Crippen molar-refractivity contribution in [3.8, 4) is 6.07 Å². The van der Waals surface area contributed by atoms with E-state index in [-0.39, 0.29) is 5.82 Å². The minimum absolute atomic E-state index is 0.331. The molecule has 0 spiro atoms. The van der Waals surface area contributed by atoms with Gasteiger partial charge in [-0.3, -0.25) is 0 Å². The van der Waals surface area contributed by atoms with Crippen LogP contribution in [0.5, 0.6) is 0 Å². The summed E-state index contributed by atoms with van der Waals surface area (Å²) in [7, 11) is 0. The van der Waals surface area contributed by atoms with Crippen LogP contribution in [0.15, 0.2) is 47.4 Å². The van der Waals surface area contributed by atoms with Crippen LogP contribution in [0.25, 0.3) is 0 Å². The smallest absolute Gasteiger partial charge is 0.128 e. The normalized spacial score (nSPS) is 11.9. The topological polar surface area (TPSA) is 44.0 Å². The molecule has 20 heavy (non-hydrogen) atoms. The first kappa shape index (κ1) is 14.6. The highest BCUT2D eigenvalue weighted by molar-refractivity contribution is 7.98. The van der Waals surface area contributed by atoms with Gasteiger partial charge in [0.1, 0.15) is 5.82 Å². The summed E-state index contributed by atoms with van der Waals surface area (Å²) >= 11 is 1.52. The molecule has 2 aromatic rings. The minimum Gasteiger partial charge on any atom is -0.389 e. The lowest BCUT2D eigenvalue weighted by Crippen LogP contribution is -1.91. The second-order valence-corrected chi connectivity index (χ2v) is 5.50. The van der Waals surface area contributed by atoms with Crippen LogP contribution in [-0.2, 0) is 5.75 Å². The fraction of sp³-hybridized carbons (Fsp3) is 0.188. The minimum atomic E-state index is -0.481. The lowest BCUT2D eigenvalue weighted by Gasteiger charge is -2.07. The quantitative estimate of drug-likeness (QED) is 0.863. The van der Waals surface area contributed by atoms with Crippen LogP contribution < -0.4 is 0 Å². The molecule has 102 valence electrons. The molecule has 0 bridgehead atoms. The molecule has 0 amide bonds. The van der Waals surface area contributed by atoms with Gasteiger partial charge >= 0.3 is 0 Å². The van der Waals surface area contributed by atoms with E-state index in [0.29, 0.717) is 16.9 Å². The van der Waals surface area contributed by atoms with E-state index >= 15 is 0 Å². The Hall–Kier alpha value is -1.83.